The van der Waals surface area contributed by atoms with Crippen LogP contribution in [0, 0.1) is 10.5 Å². The fraction of sp³-hybridized carbons (Fsp3) is 0.412. The van der Waals surface area contributed by atoms with E-state index in [4.69, 9.17) is 0 Å². The van der Waals surface area contributed by atoms with Crippen LogP contribution in [0.25, 0.3) is 0 Å². The third-order valence-corrected chi connectivity index (χ3v) is 5.46. The van der Waals surface area contributed by atoms with E-state index in [0.29, 0.717) is 12.1 Å². The van der Waals surface area contributed by atoms with Crippen LogP contribution in [0.5, 0.6) is 0 Å². The van der Waals surface area contributed by atoms with E-state index in [1.54, 1.807) is 0 Å². The van der Waals surface area contributed by atoms with E-state index >= 15 is 0 Å². The minimum absolute atomic E-state index is 0.0647. The lowest BCUT2D eigenvalue weighted by Gasteiger charge is -2.18. The van der Waals surface area contributed by atoms with E-state index in [1.165, 1.54) is 29.5 Å². The van der Waals surface area contributed by atoms with E-state index in [1.807, 2.05) is 0 Å². The van der Waals surface area contributed by atoms with Crippen LogP contribution in [-0.4, -0.2) is 16.6 Å². The highest BCUT2D eigenvalue weighted by atomic mass is 127. The fourth-order valence-corrected chi connectivity index (χ4v) is 3.48. The maximum atomic E-state index is 13.2. The second-order valence-corrected chi connectivity index (χ2v) is 7.48. The molecule has 13 heteroatoms. The Morgan fingerprint density at radius 1 is 0.933 bits per heavy atom. The van der Waals surface area contributed by atoms with Crippen LogP contribution in [0.1, 0.15) is 39.7 Å². The zero-order valence-electron chi connectivity index (χ0n) is 15.0. The van der Waals surface area contributed by atoms with Gasteiger partial charge in [0, 0.05) is 28.0 Å². The zero-order chi connectivity index (χ0) is 23.1. The molecule has 1 heterocycles. The highest BCUT2D eigenvalue weighted by Crippen LogP contribution is 2.38. The molecule has 1 atom stereocenters. The van der Waals surface area contributed by atoms with Crippen LogP contribution in [0.3, 0.4) is 0 Å². The summed E-state index contributed by atoms with van der Waals surface area (Å²) >= 11 is 1.51. The summed E-state index contributed by atoms with van der Waals surface area (Å²) in [6.07, 6.45) is -16.6. The van der Waals surface area contributed by atoms with Gasteiger partial charge in [-0.3, -0.25) is 0 Å². The van der Waals surface area contributed by atoms with Crippen molar-refractivity contribution in [3.8, 4) is 0 Å². The number of hydrogen-bond donors (Lipinski definition) is 3. The van der Waals surface area contributed by atoms with Crippen molar-refractivity contribution >= 4 is 22.6 Å². The number of benzene rings is 1. The van der Waals surface area contributed by atoms with Gasteiger partial charge in [0.1, 0.15) is 0 Å². The first-order valence-corrected chi connectivity index (χ1v) is 9.22. The number of rotatable bonds is 5. The number of halogens is 10. The molecule has 1 unspecified atom stereocenters. The number of H-pyrrole nitrogens is 1. The number of aromatic nitrogens is 1. The maximum absolute atomic E-state index is 13.2. The van der Waals surface area contributed by atoms with Crippen molar-refractivity contribution in [2.75, 3.05) is 6.54 Å². The number of aliphatic hydroxyl groups excluding tert-OH is 1. The van der Waals surface area contributed by atoms with Crippen molar-refractivity contribution in [1.82, 2.24) is 10.3 Å². The Bertz CT molecular complexity index is 868. The summed E-state index contributed by atoms with van der Waals surface area (Å²) in [5, 5.41) is 12.5. The maximum Gasteiger partial charge on any atom is 0.419 e. The minimum atomic E-state index is -5.08. The van der Waals surface area contributed by atoms with Crippen molar-refractivity contribution in [3.63, 3.8) is 0 Å². The lowest BCUT2D eigenvalue weighted by atomic mass is 10.0. The Labute approximate surface area is 177 Å². The van der Waals surface area contributed by atoms with Gasteiger partial charge in [-0.25, -0.2) is 0 Å². The topological polar surface area (TPSA) is 48.0 Å². The van der Waals surface area contributed by atoms with E-state index < -0.39 is 60.0 Å². The Hall–Kier alpha value is -1.48. The van der Waals surface area contributed by atoms with Gasteiger partial charge in [0.2, 0.25) is 0 Å². The van der Waals surface area contributed by atoms with Crippen LogP contribution in [0.2, 0.25) is 0 Å². The van der Waals surface area contributed by atoms with E-state index in [0.717, 1.165) is 0 Å². The molecule has 30 heavy (non-hydrogen) atoms. The average molecular weight is 560 g/mol. The molecule has 2 rings (SSSR count). The number of aliphatic hydroxyl groups is 1. The van der Waals surface area contributed by atoms with Crippen LogP contribution in [0.15, 0.2) is 18.2 Å². The van der Waals surface area contributed by atoms with Crippen LogP contribution < -0.4 is 5.32 Å². The number of alkyl halides is 9. The molecular formula is C17H14F9IN2O. The molecule has 0 aliphatic rings. The molecule has 2 aromatic rings. The van der Waals surface area contributed by atoms with Gasteiger partial charge in [-0.1, -0.05) is 0 Å². The molecule has 3 nitrogen and oxygen atoms in total. The number of hydrogen-bond acceptors (Lipinski definition) is 2. The first kappa shape index (κ1) is 24.8. The molecule has 0 fully saturated rings. The molecule has 0 spiro atoms. The predicted octanol–water partition coefficient (Wildman–Crippen LogP) is 5.81. The quantitative estimate of drug-likeness (QED) is 0.320. The second-order valence-electron chi connectivity index (χ2n) is 6.40. The zero-order valence-corrected chi connectivity index (χ0v) is 17.1. The third-order valence-electron chi connectivity index (χ3n) is 4.11. The molecular weight excluding hydrogens is 546 g/mol. The van der Waals surface area contributed by atoms with E-state index in [-0.39, 0.29) is 21.0 Å². The van der Waals surface area contributed by atoms with Crippen molar-refractivity contribution in [1.29, 1.82) is 0 Å². The number of nitrogens with one attached hydrogen (secondary N) is 2. The van der Waals surface area contributed by atoms with Crippen molar-refractivity contribution in [3.05, 3.63) is 55.4 Å². The SMILES string of the molecule is Cc1[nH]c(CNCC(O)c2cc(C(F)(F)F)cc(C(F)(F)F)c2)c(C(F)(F)F)c1I. The molecule has 1 aromatic carbocycles. The Morgan fingerprint density at radius 2 is 1.43 bits per heavy atom. The summed E-state index contributed by atoms with van der Waals surface area (Å²) < 4.78 is 117. The smallest absolute Gasteiger partial charge is 0.387 e. The Kier molecular flexibility index (Phi) is 7.08. The Morgan fingerprint density at radius 3 is 1.87 bits per heavy atom. The summed E-state index contributed by atoms with van der Waals surface area (Å²) in [6.45, 7) is 0.391. The van der Waals surface area contributed by atoms with Crippen LogP contribution in [-0.2, 0) is 25.1 Å². The first-order chi connectivity index (χ1) is 13.5. The summed E-state index contributed by atoms with van der Waals surface area (Å²) in [5.41, 5.74) is -4.82. The van der Waals surface area contributed by atoms with E-state index in [2.05, 4.69) is 10.3 Å². The highest BCUT2D eigenvalue weighted by molar-refractivity contribution is 14.1. The van der Waals surface area contributed by atoms with Crippen molar-refractivity contribution in [2.24, 2.45) is 0 Å². The lowest BCUT2D eigenvalue weighted by Crippen LogP contribution is -2.23. The molecule has 0 bridgehead atoms. The minimum Gasteiger partial charge on any atom is -0.387 e. The van der Waals surface area contributed by atoms with Gasteiger partial charge in [-0.2, -0.15) is 39.5 Å². The highest BCUT2D eigenvalue weighted by Gasteiger charge is 2.39. The standard InChI is InChI=1S/C17H14F9IN2O/c1-7-14(27)13(17(24,25)26)11(29-7)5-28-6-12(30)8-2-9(15(18,19)20)4-10(3-8)16(21,22)23/h2-4,12,28-30H,5-6H2,1H3. The van der Waals surface area contributed by atoms with Gasteiger partial charge in [0.05, 0.1) is 22.8 Å². The summed E-state index contributed by atoms with van der Waals surface area (Å²) in [6, 6.07) is 0.651. The van der Waals surface area contributed by atoms with E-state index in [9.17, 15) is 44.6 Å². The van der Waals surface area contributed by atoms with Crippen LogP contribution in [0.4, 0.5) is 39.5 Å². The molecule has 0 aliphatic heterocycles. The largest absolute Gasteiger partial charge is 0.419 e. The van der Waals surface area contributed by atoms with Gasteiger partial charge in [0.15, 0.2) is 0 Å². The summed E-state index contributed by atoms with van der Waals surface area (Å²) in [5.74, 6) is 0. The van der Waals surface area contributed by atoms with Gasteiger partial charge in [-0.05, 0) is 53.3 Å². The normalized spacial score (nSPS) is 14.3. The van der Waals surface area contributed by atoms with Gasteiger partial charge in [-0.15, -0.1) is 0 Å². The molecule has 0 aliphatic carbocycles. The van der Waals surface area contributed by atoms with Crippen molar-refractivity contribution < 1.29 is 44.6 Å². The molecule has 1 aromatic heterocycles. The average Bonchev–Trinajstić information content (AvgIpc) is 2.87. The van der Waals surface area contributed by atoms with Gasteiger partial charge >= 0.3 is 18.5 Å². The predicted molar refractivity (Wildman–Crippen MR) is 96.4 cm³/mol. The first-order valence-electron chi connectivity index (χ1n) is 8.14. The van der Waals surface area contributed by atoms with Crippen molar-refractivity contribution in [2.45, 2.75) is 38.1 Å². The number of aryl methyl sites for hydroxylation is 1. The van der Waals surface area contributed by atoms with Gasteiger partial charge < -0.3 is 15.4 Å². The number of aromatic amines is 1. The molecule has 3 N–H and O–H groups in total. The molecule has 0 saturated heterocycles. The Balaban J connectivity index is 2.22. The van der Waals surface area contributed by atoms with Crippen LogP contribution >= 0.6 is 22.6 Å². The molecule has 168 valence electrons. The fourth-order valence-electron chi connectivity index (χ4n) is 2.71. The molecule has 0 amide bonds. The summed E-state index contributed by atoms with van der Waals surface area (Å²) in [4.78, 5) is 2.52. The lowest BCUT2D eigenvalue weighted by molar-refractivity contribution is -0.143. The third kappa shape index (κ3) is 5.81. The second kappa shape index (κ2) is 8.57. The molecule has 0 radical (unpaired) electrons. The molecule has 0 saturated carbocycles. The van der Waals surface area contributed by atoms with Gasteiger partial charge in [0.25, 0.3) is 0 Å². The monoisotopic (exact) mass is 560 g/mol. The summed E-state index contributed by atoms with van der Waals surface area (Å²) in [7, 11) is 0.